The second kappa shape index (κ2) is 5.83. The molecule has 2 aromatic rings. The van der Waals surface area contributed by atoms with E-state index in [0.29, 0.717) is 17.7 Å². The van der Waals surface area contributed by atoms with Crippen LogP contribution in [0.3, 0.4) is 0 Å². The number of likely N-dealkylation sites (N-methyl/N-ethyl adjacent to an activating group) is 1. The van der Waals surface area contributed by atoms with Gasteiger partial charge in [-0.2, -0.15) is 0 Å². The molecule has 2 N–H and O–H groups in total. The quantitative estimate of drug-likeness (QED) is 0.864. The van der Waals surface area contributed by atoms with Gasteiger partial charge in [0.2, 0.25) is 0 Å². The molecule has 6 heteroatoms. The number of nitrogens with one attached hydrogen (secondary N) is 1. The highest BCUT2D eigenvalue weighted by atomic mass is 16.4. The number of hydrogen-bond acceptors (Lipinski definition) is 5. The Hall–Kier alpha value is -2.21. The fraction of sp³-hybridized carbons (Fsp3) is 0.357. The van der Waals surface area contributed by atoms with Gasteiger partial charge in [-0.3, -0.25) is 0 Å². The van der Waals surface area contributed by atoms with E-state index in [-0.39, 0.29) is 11.7 Å². The third-order valence-electron chi connectivity index (χ3n) is 3.33. The van der Waals surface area contributed by atoms with Crippen molar-refractivity contribution in [3.8, 4) is 0 Å². The summed E-state index contributed by atoms with van der Waals surface area (Å²) in [6.45, 7) is 2.69. The van der Waals surface area contributed by atoms with Gasteiger partial charge >= 0.3 is 5.97 Å². The van der Waals surface area contributed by atoms with Gasteiger partial charge in [-0.05, 0) is 27.1 Å². The third-order valence-corrected chi connectivity index (χ3v) is 3.33. The molecular formula is C14H18N4O2. The lowest BCUT2D eigenvalue weighted by Crippen LogP contribution is -2.32. The number of rotatable bonds is 5. The molecule has 1 heterocycles. The Bertz CT molecular complexity index is 628. The fourth-order valence-corrected chi connectivity index (χ4v) is 1.81. The van der Waals surface area contributed by atoms with Crippen LogP contribution >= 0.6 is 0 Å². The highest BCUT2D eigenvalue weighted by Gasteiger charge is 2.17. The van der Waals surface area contributed by atoms with Crippen LogP contribution in [0, 0.1) is 0 Å². The molecule has 1 atom stereocenters. The number of aromatic nitrogens is 2. The zero-order chi connectivity index (χ0) is 14.7. The average Bonchev–Trinajstić information content (AvgIpc) is 2.43. The smallest absolute Gasteiger partial charge is 0.358 e. The molecule has 2 rings (SSSR count). The van der Waals surface area contributed by atoms with Crippen molar-refractivity contribution >= 4 is 22.6 Å². The van der Waals surface area contributed by atoms with E-state index in [9.17, 15) is 9.90 Å². The zero-order valence-corrected chi connectivity index (χ0v) is 11.8. The van der Waals surface area contributed by atoms with Crippen molar-refractivity contribution in [2.45, 2.75) is 13.0 Å². The SMILES string of the molecule is CC(CNc1c(C(=O)O)nnc2ccccc12)N(C)C. The molecule has 0 saturated carbocycles. The van der Waals surface area contributed by atoms with Crippen LogP contribution in [0.15, 0.2) is 24.3 Å². The Morgan fingerprint density at radius 3 is 2.70 bits per heavy atom. The van der Waals surface area contributed by atoms with Gasteiger partial charge in [-0.1, -0.05) is 18.2 Å². The Morgan fingerprint density at radius 1 is 1.35 bits per heavy atom. The molecule has 20 heavy (non-hydrogen) atoms. The molecule has 0 bridgehead atoms. The number of benzene rings is 1. The lowest BCUT2D eigenvalue weighted by Gasteiger charge is -2.21. The van der Waals surface area contributed by atoms with Gasteiger partial charge in [-0.15, -0.1) is 10.2 Å². The van der Waals surface area contributed by atoms with Crippen LogP contribution in [0.5, 0.6) is 0 Å². The maximum atomic E-state index is 11.3. The predicted molar refractivity (Wildman–Crippen MR) is 78.1 cm³/mol. The van der Waals surface area contributed by atoms with E-state index in [4.69, 9.17) is 0 Å². The van der Waals surface area contributed by atoms with Crippen molar-refractivity contribution in [3.63, 3.8) is 0 Å². The minimum Gasteiger partial charge on any atom is -0.476 e. The van der Waals surface area contributed by atoms with Crippen molar-refractivity contribution in [1.82, 2.24) is 15.1 Å². The number of nitrogens with zero attached hydrogens (tertiary/aromatic N) is 3. The molecule has 0 fully saturated rings. The lowest BCUT2D eigenvalue weighted by atomic mass is 10.1. The van der Waals surface area contributed by atoms with Gasteiger partial charge in [0.1, 0.15) is 0 Å². The predicted octanol–water partition coefficient (Wildman–Crippen LogP) is 1.69. The van der Waals surface area contributed by atoms with Gasteiger partial charge in [0.05, 0.1) is 11.2 Å². The first kappa shape index (κ1) is 14.2. The number of carboxylic acids is 1. The molecule has 0 radical (unpaired) electrons. The van der Waals surface area contributed by atoms with Crippen LogP contribution in [0.4, 0.5) is 5.69 Å². The summed E-state index contributed by atoms with van der Waals surface area (Å²) in [5, 5.41) is 21.0. The van der Waals surface area contributed by atoms with Crippen molar-refractivity contribution in [2.24, 2.45) is 0 Å². The molecule has 1 aromatic heterocycles. The molecular weight excluding hydrogens is 256 g/mol. The maximum Gasteiger partial charge on any atom is 0.358 e. The van der Waals surface area contributed by atoms with Crippen molar-refractivity contribution in [3.05, 3.63) is 30.0 Å². The van der Waals surface area contributed by atoms with E-state index in [2.05, 4.69) is 27.3 Å². The highest BCUT2D eigenvalue weighted by molar-refractivity contribution is 6.02. The normalized spacial score (nSPS) is 12.6. The Kier molecular flexibility index (Phi) is 4.14. The molecule has 1 unspecified atom stereocenters. The van der Waals surface area contributed by atoms with E-state index in [1.165, 1.54) is 0 Å². The summed E-state index contributed by atoms with van der Waals surface area (Å²) in [7, 11) is 3.96. The van der Waals surface area contributed by atoms with E-state index in [1.54, 1.807) is 0 Å². The summed E-state index contributed by atoms with van der Waals surface area (Å²) in [5.41, 5.74) is 1.16. The van der Waals surface area contributed by atoms with Crippen molar-refractivity contribution in [2.75, 3.05) is 26.0 Å². The number of fused-ring (bicyclic) bond motifs is 1. The molecule has 0 amide bonds. The van der Waals surface area contributed by atoms with Crippen LogP contribution in [0.2, 0.25) is 0 Å². The maximum absolute atomic E-state index is 11.3. The monoisotopic (exact) mass is 274 g/mol. The van der Waals surface area contributed by atoms with Crippen molar-refractivity contribution in [1.29, 1.82) is 0 Å². The van der Waals surface area contributed by atoms with E-state index in [1.807, 2.05) is 38.4 Å². The first-order chi connectivity index (χ1) is 9.50. The van der Waals surface area contributed by atoms with Gasteiger partial charge in [-0.25, -0.2) is 4.79 Å². The first-order valence-corrected chi connectivity index (χ1v) is 6.39. The molecule has 0 aliphatic heterocycles. The minimum atomic E-state index is -1.08. The Balaban J connectivity index is 2.42. The summed E-state index contributed by atoms with van der Waals surface area (Å²) in [6.07, 6.45) is 0. The second-order valence-corrected chi connectivity index (χ2v) is 4.94. The first-order valence-electron chi connectivity index (χ1n) is 6.39. The number of hydrogen-bond donors (Lipinski definition) is 2. The molecule has 0 spiro atoms. The van der Waals surface area contributed by atoms with E-state index < -0.39 is 5.97 Å². The number of anilines is 1. The van der Waals surface area contributed by atoms with Crippen LogP contribution in [0.25, 0.3) is 10.9 Å². The number of aromatic carboxylic acids is 1. The number of carboxylic acid groups (broad SMARTS) is 1. The molecule has 0 saturated heterocycles. The largest absolute Gasteiger partial charge is 0.476 e. The fourth-order valence-electron chi connectivity index (χ4n) is 1.81. The summed E-state index contributed by atoms with van der Waals surface area (Å²) < 4.78 is 0. The van der Waals surface area contributed by atoms with Gasteiger partial charge < -0.3 is 15.3 Å². The molecule has 0 aliphatic carbocycles. The van der Waals surface area contributed by atoms with Crippen molar-refractivity contribution < 1.29 is 9.90 Å². The molecule has 1 aromatic carbocycles. The number of carbonyl (C=O) groups is 1. The van der Waals surface area contributed by atoms with Crippen LogP contribution in [-0.2, 0) is 0 Å². The third kappa shape index (κ3) is 2.85. The Labute approximate surface area is 117 Å². The van der Waals surface area contributed by atoms with Gasteiger partial charge in [0, 0.05) is 18.0 Å². The minimum absolute atomic E-state index is 0.0466. The van der Waals surface area contributed by atoms with Crippen LogP contribution in [-0.4, -0.2) is 52.9 Å². The molecule has 0 aliphatic rings. The standard InChI is InChI=1S/C14H18N4O2/c1-9(18(2)3)8-15-12-10-6-4-5-7-11(10)16-17-13(12)14(19)20/h4-7,9H,8H2,1-3H3,(H,15,16)(H,19,20). The lowest BCUT2D eigenvalue weighted by molar-refractivity contribution is 0.0690. The molecule has 106 valence electrons. The Morgan fingerprint density at radius 2 is 2.05 bits per heavy atom. The highest BCUT2D eigenvalue weighted by Crippen LogP contribution is 2.24. The van der Waals surface area contributed by atoms with Gasteiger partial charge in [0.15, 0.2) is 5.69 Å². The zero-order valence-electron chi connectivity index (χ0n) is 11.8. The van der Waals surface area contributed by atoms with Crippen LogP contribution in [0.1, 0.15) is 17.4 Å². The summed E-state index contributed by atoms with van der Waals surface area (Å²) in [4.78, 5) is 13.4. The van der Waals surface area contributed by atoms with Gasteiger partial charge in [0.25, 0.3) is 0 Å². The summed E-state index contributed by atoms with van der Waals surface area (Å²) >= 11 is 0. The second-order valence-electron chi connectivity index (χ2n) is 4.94. The van der Waals surface area contributed by atoms with E-state index in [0.717, 1.165) is 5.39 Å². The average molecular weight is 274 g/mol. The summed E-state index contributed by atoms with van der Waals surface area (Å²) in [6, 6.07) is 7.64. The molecule has 6 nitrogen and oxygen atoms in total. The van der Waals surface area contributed by atoms with Crippen LogP contribution < -0.4 is 5.32 Å². The summed E-state index contributed by atoms with van der Waals surface area (Å²) in [5.74, 6) is -1.08. The topological polar surface area (TPSA) is 78.3 Å². The van der Waals surface area contributed by atoms with E-state index >= 15 is 0 Å².